The van der Waals surface area contributed by atoms with Crippen LogP contribution in [-0.4, -0.2) is 31.0 Å². The summed E-state index contributed by atoms with van der Waals surface area (Å²) in [7, 11) is 1.63. The van der Waals surface area contributed by atoms with Gasteiger partial charge in [-0.1, -0.05) is 19.1 Å². The van der Waals surface area contributed by atoms with E-state index in [2.05, 4.69) is 19.1 Å². The Hall–Kier alpha value is -2.14. The van der Waals surface area contributed by atoms with E-state index in [0.29, 0.717) is 5.75 Å². The highest BCUT2D eigenvalue weighted by molar-refractivity contribution is 7.99. The monoisotopic (exact) mass is 374 g/mol. The number of hydrogen-bond acceptors (Lipinski definition) is 5. The smallest absolute Gasteiger partial charge is 0.344 e. The van der Waals surface area contributed by atoms with Crippen LogP contribution in [0, 0.1) is 0 Å². The van der Waals surface area contributed by atoms with E-state index in [1.807, 2.05) is 51.1 Å². The molecule has 0 bridgehead atoms. The van der Waals surface area contributed by atoms with E-state index in [9.17, 15) is 4.79 Å². The van der Waals surface area contributed by atoms with Gasteiger partial charge in [0.15, 0.2) is 6.61 Å². The maximum atomic E-state index is 11.9. The van der Waals surface area contributed by atoms with Crippen LogP contribution >= 0.6 is 11.8 Å². The first-order valence-electron chi connectivity index (χ1n) is 8.58. The predicted octanol–water partition coefficient (Wildman–Crippen LogP) is 5.19. The Morgan fingerprint density at radius 2 is 1.77 bits per heavy atom. The van der Waals surface area contributed by atoms with Crippen molar-refractivity contribution in [3.05, 3.63) is 42.5 Å². The zero-order valence-corrected chi connectivity index (χ0v) is 16.8. The minimum Gasteiger partial charge on any atom is -0.497 e. The van der Waals surface area contributed by atoms with Crippen LogP contribution in [0.5, 0.6) is 11.5 Å². The van der Waals surface area contributed by atoms with Gasteiger partial charge in [-0.2, -0.15) is 0 Å². The lowest BCUT2D eigenvalue weighted by Gasteiger charge is -2.20. The zero-order valence-electron chi connectivity index (χ0n) is 16.0. The molecule has 0 radical (unpaired) electrons. The predicted molar refractivity (Wildman–Crippen MR) is 106 cm³/mol. The Kier molecular flexibility index (Phi) is 6.98. The second-order valence-corrected chi connectivity index (χ2v) is 8.03. The molecule has 0 aliphatic rings. The third kappa shape index (κ3) is 5.99. The number of rotatable bonds is 7. The Morgan fingerprint density at radius 1 is 1.08 bits per heavy atom. The molecule has 0 saturated carbocycles. The van der Waals surface area contributed by atoms with Crippen molar-refractivity contribution in [1.82, 2.24) is 0 Å². The molecule has 0 spiro atoms. The lowest BCUT2D eigenvalue weighted by molar-refractivity contribution is -0.157. The van der Waals surface area contributed by atoms with Gasteiger partial charge in [0.25, 0.3) is 0 Å². The Bertz CT molecular complexity index is 733. The molecule has 26 heavy (non-hydrogen) atoms. The van der Waals surface area contributed by atoms with Crippen LogP contribution in [0.2, 0.25) is 0 Å². The molecule has 2 aromatic rings. The van der Waals surface area contributed by atoms with Crippen LogP contribution in [-0.2, 0) is 9.53 Å². The molecule has 0 amide bonds. The molecule has 2 aromatic carbocycles. The van der Waals surface area contributed by atoms with Crippen LogP contribution in [0.3, 0.4) is 0 Å². The highest BCUT2D eigenvalue weighted by Gasteiger charge is 2.17. The normalized spacial score (nSPS) is 11.1. The van der Waals surface area contributed by atoms with E-state index in [1.54, 1.807) is 18.9 Å². The third-order valence-corrected chi connectivity index (χ3v) is 4.32. The lowest BCUT2D eigenvalue weighted by Crippen LogP contribution is -2.27. The number of ether oxygens (including phenoxy) is 3. The Balaban J connectivity index is 2.22. The van der Waals surface area contributed by atoms with Crippen LogP contribution in [0.15, 0.2) is 47.4 Å². The fourth-order valence-corrected chi connectivity index (χ4v) is 3.05. The molecular weight excluding hydrogens is 348 g/mol. The third-order valence-electron chi connectivity index (χ3n) is 3.43. The summed E-state index contributed by atoms with van der Waals surface area (Å²) < 4.78 is 16.4. The van der Waals surface area contributed by atoms with E-state index >= 15 is 0 Å². The van der Waals surface area contributed by atoms with Crippen LogP contribution in [0.4, 0.5) is 0 Å². The number of hydrogen-bond donors (Lipinski definition) is 0. The number of esters is 1. The largest absolute Gasteiger partial charge is 0.497 e. The van der Waals surface area contributed by atoms with Crippen LogP contribution < -0.4 is 9.47 Å². The maximum Gasteiger partial charge on any atom is 0.344 e. The zero-order chi connectivity index (χ0) is 19.2. The fraction of sp³-hybridized carbons (Fsp3) is 0.381. The van der Waals surface area contributed by atoms with Gasteiger partial charge in [-0.05, 0) is 62.4 Å². The van der Waals surface area contributed by atoms with Crippen molar-refractivity contribution in [2.24, 2.45) is 0 Å². The molecular formula is C21H26O4S. The average Bonchev–Trinajstić information content (AvgIpc) is 2.59. The molecule has 5 heteroatoms. The summed E-state index contributed by atoms with van der Waals surface area (Å²) in [5.74, 6) is 1.99. The van der Waals surface area contributed by atoms with Gasteiger partial charge in [0, 0.05) is 10.5 Å². The molecule has 2 rings (SSSR count). The number of thioether (sulfide) groups is 1. The number of methoxy groups -OCH3 is 1. The highest BCUT2D eigenvalue weighted by Crippen LogP contribution is 2.34. The minimum absolute atomic E-state index is 0.139. The number of carbonyl (C=O) groups excluding carboxylic acids is 1. The summed E-state index contributed by atoms with van der Waals surface area (Å²) in [5.41, 5.74) is 1.35. The van der Waals surface area contributed by atoms with E-state index in [0.717, 1.165) is 22.6 Å². The molecule has 0 aliphatic heterocycles. The van der Waals surface area contributed by atoms with E-state index < -0.39 is 11.6 Å². The molecule has 0 unspecified atom stereocenters. The Morgan fingerprint density at radius 3 is 2.35 bits per heavy atom. The standard InChI is InChI=1S/C21H26O4S/c1-6-26-17-10-7-15(8-11-17)18-13-16(23-5)9-12-19(18)24-14-20(22)25-21(2,3)4/h7-13H,6,14H2,1-5H3. The number of carbonyl (C=O) groups is 1. The lowest BCUT2D eigenvalue weighted by atomic mass is 10.0. The fourth-order valence-electron chi connectivity index (χ4n) is 2.39. The summed E-state index contributed by atoms with van der Waals surface area (Å²) in [6.07, 6.45) is 0. The van der Waals surface area contributed by atoms with Gasteiger partial charge < -0.3 is 14.2 Å². The molecule has 4 nitrogen and oxygen atoms in total. The van der Waals surface area contributed by atoms with E-state index in [4.69, 9.17) is 14.2 Å². The maximum absolute atomic E-state index is 11.9. The van der Waals surface area contributed by atoms with Gasteiger partial charge in [0.1, 0.15) is 17.1 Å². The van der Waals surface area contributed by atoms with Crippen molar-refractivity contribution in [3.63, 3.8) is 0 Å². The first-order valence-corrected chi connectivity index (χ1v) is 9.57. The SMILES string of the molecule is CCSc1ccc(-c2cc(OC)ccc2OCC(=O)OC(C)(C)C)cc1. The molecule has 0 fully saturated rings. The van der Waals surface area contributed by atoms with Crippen molar-refractivity contribution in [2.75, 3.05) is 19.5 Å². The van der Waals surface area contributed by atoms with Gasteiger partial charge in [-0.25, -0.2) is 4.79 Å². The van der Waals surface area contributed by atoms with Crippen molar-refractivity contribution >= 4 is 17.7 Å². The molecule has 0 heterocycles. The van der Waals surface area contributed by atoms with E-state index in [1.165, 1.54) is 4.90 Å². The number of benzene rings is 2. The van der Waals surface area contributed by atoms with Gasteiger partial charge in [-0.15, -0.1) is 11.8 Å². The van der Waals surface area contributed by atoms with Gasteiger partial charge in [-0.3, -0.25) is 0 Å². The van der Waals surface area contributed by atoms with Crippen molar-refractivity contribution in [1.29, 1.82) is 0 Å². The van der Waals surface area contributed by atoms with Crippen molar-refractivity contribution in [3.8, 4) is 22.6 Å². The summed E-state index contributed by atoms with van der Waals surface area (Å²) in [5, 5.41) is 0. The molecule has 0 aliphatic carbocycles. The topological polar surface area (TPSA) is 44.8 Å². The summed E-state index contributed by atoms with van der Waals surface area (Å²) in [6, 6.07) is 13.8. The van der Waals surface area contributed by atoms with Gasteiger partial charge in [0.2, 0.25) is 0 Å². The van der Waals surface area contributed by atoms with Gasteiger partial charge >= 0.3 is 5.97 Å². The first-order chi connectivity index (χ1) is 12.3. The van der Waals surface area contributed by atoms with Crippen LogP contribution in [0.25, 0.3) is 11.1 Å². The molecule has 0 atom stereocenters. The second kappa shape index (κ2) is 8.99. The van der Waals surface area contributed by atoms with Gasteiger partial charge in [0.05, 0.1) is 7.11 Å². The highest BCUT2D eigenvalue weighted by atomic mass is 32.2. The first kappa shape index (κ1) is 20.2. The van der Waals surface area contributed by atoms with Crippen LogP contribution in [0.1, 0.15) is 27.7 Å². The minimum atomic E-state index is -0.532. The Labute approximate surface area is 159 Å². The summed E-state index contributed by atoms with van der Waals surface area (Å²) in [4.78, 5) is 13.2. The molecule has 140 valence electrons. The van der Waals surface area contributed by atoms with Crippen molar-refractivity contribution < 1.29 is 19.0 Å². The average molecular weight is 375 g/mol. The summed E-state index contributed by atoms with van der Waals surface area (Å²) in [6.45, 7) is 7.49. The molecule has 0 N–H and O–H groups in total. The molecule has 0 saturated heterocycles. The second-order valence-electron chi connectivity index (χ2n) is 6.69. The molecule has 0 aromatic heterocycles. The quantitative estimate of drug-likeness (QED) is 0.493. The van der Waals surface area contributed by atoms with Crippen molar-refractivity contribution in [2.45, 2.75) is 38.2 Å². The summed E-state index contributed by atoms with van der Waals surface area (Å²) >= 11 is 1.79. The van der Waals surface area contributed by atoms with E-state index in [-0.39, 0.29) is 6.61 Å².